The molecule has 0 aliphatic heterocycles. The lowest BCUT2D eigenvalue weighted by molar-refractivity contribution is 0.593. The Morgan fingerprint density at radius 3 is 2.53 bits per heavy atom. The minimum absolute atomic E-state index is 0.348. The van der Waals surface area contributed by atoms with Gasteiger partial charge in [0.15, 0.2) is 0 Å². The summed E-state index contributed by atoms with van der Waals surface area (Å²) in [5.74, 6) is 0. The zero-order chi connectivity index (χ0) is 13.8. The van der Waals surface area contributed by atoms with Crippen molar-refractivity contribution in [3.8, 4) is 0 Å². The number of aryl methyl sites for hydroxylation is 2. The fourth-order valence-corrected chi connectivity index (χ4v) is 3.55. The van der Waals surface area contributed by atoms with Gasteiger partial charge in [0.1, 0.15) is 0 Å². The lowest BCUT2D eigenvalue weighted by atomic mass is 9.98. The van der Waals surface area contributed by atoms with Crippen LogP contribution < -0.4 is 5.32 Å². The summed E-state index contributed by atoms with van der Waals surface area (Å²) < 4.78 is 0. The molecule has 1 N–H and O–H groups in total. The maximum Gasteiger partial charge on any atom is 0.0408 e. The number of likely N-dealkylation sites (N-methyl/N-ethyl adjacent to an activating group) is 1. The number of thiophene rings is 1. The van der Waals surface area contributed by atoms with Crippen LogP contribution in [0.3, 0.4) is 0 Å². The number of benzene rings is 1. The second kappa shape index (κ2) is 6.56. The minimum atomic E-state index is 0.348. The molecule has 1 heterocycles. The van der Waals surface area contributed by atoms with Crippen LogP contribution in [0.15, 0.2) is 30.3 Å². The predicted octanol–water partition coefficient (Wildman–Crippen LogP) is 4.78. The summed E-state index contributed by atoms with van der Waals surface area (Å²) in [6.07, 6.45) is 2.15. The van der Waals surface area contributed by atoms with Crippen LogP contribution in [0.25, 0.3) is 0 Å². The maximum atomic E-state index is 6.03. The molecule has 0 aliphatic rings. The molecule has 1 unspecified atom stereocenters. The van der Waals surface area contributed by atoms with Crippen LogP contribution in [0.5, 0.6) is 0 Å². The van der Waals surface area contributed by atoms with Gasteiger partial charge in [-0.1, -0.05) is 24.6 Å². The SMILES string of the molecule is CCc1ccc(CC(NC)c2ccc(Cl)cc2C)s1. The van der Waals surface area contributed by atoms with Gasteiger partial charge in [-0.15, -0.1) is 11.3 Å². The standard InChI is InChI=1S/C16H20ClNS/c1-4-13-6-7-14(19-13)10-16(18-3)15-8-5-12(17)9-11(15)2/h5-9,16,18H,4,10H2,1-3H3. The van der Waals surface area contributed by atoms with Gasteiger partial charge in [-0.25, -0.2) is 0 Å². The van der Waals surface area contributed by atoms with Crippen LogP contribution in [-0.4, -0.2) is 7.05 Å². The Kier molecular flexibility index (Phi) is 5.03. The van der Waals surface area contributed by atoms with Gasteiger partial charge >= 0.3 is 0 Å². The van der Waals surface area contributed by atoms with Crippen LogP contribution in [0.1, 0.15) is 33.8 Å². The molecule has 0 fully saturated rings. The molecule has 0 saturated heterocycles. The molecule has 0 amide bonds. The second-order valence-electron chi connectivity index (χ2n) is 4.77. The van der Waals surface area contributed by atoms with Gasteiger partial charge in [0.25, 0.3) is 0 Å². The summed E-state index contributed by atoms with van der Waals surface area (Å²) in [4.78, 5) is 2.89. The first-order chi connectivity index (χ1) is 9.13. The third kappa shape index (κ3) is 3.59. The highest BCUT2D eigenvalue weighted by Gasteiger charge is 2.13. The number of nitrogens with one attached hydrogen (secondary N) is 1. The Morgan fingerprint density at radius 1 is 1.21 bits per heavy atom. The van der Waals surface area contributed by atoms with Crippen molar-refractivity contribution in [1.82, 2.24) is 5.32 Å². The first kappa shape index (κ1) is 14.6. The molecule has 0 bridgehead atoms. The highest BCUT2D eigenvalue weighted by molar-refractivity contribution is 7.11. The third-order valence-electron chi connectivity index (χ3n) is 3.43. The van der Waals surface area contributed by atoms with Crippen LogP contribution in [0.4, 0.5) is 0 Å². The molecule has 102 valence electrons. The minimum Gasteiger partial charge on any atom is -0.313 e. The van der Waals surface area contributed by atoms with E-state index in [-0.39, 0.29) is 0 Å². The fourth-order valence-electron chi connectivity index (χ4n) is 2.32. The molecule has 2 rings (SSSR count). The van der Waals surface area contributed by atoms with E-state index in [2.05, 4.69) is 37.4 Å². The van der Waals surface area contributed by atoms with Crippen LogP contribution in [0.2, 0.25) is 5.02 Å². The molecule has 2 aromatic rings. The van der Waals surface area contributed by atoms with Crippen LogP contribution in [-0.2, 0) is 12.8 Å². The summed E-state index contributed by atoms with van der Waals surface area (Å²) in [5.41, 5.74) is 2.58. The molecule has 19 heavy (non-hydrogen) atoms. The molecular formula is C16H20ClNS. The first-order valence-electron chi connectivity index (χ1n) is 6.65. The van der Waals surface area contributed by atoms with Gasteiger partial charge in [0, 0.05) is 27.2 Å². The average molecular weight is 294 g/mol. The van der Waals surface area contributed by atoms with Gasteiger partial charge < -0.3 is 5.32 Å². The van der Waals surface area contributed by atoms with Crippen LogP contribution >= 0.6 is 22.9 Å². The van der Waals surface area contributed by atoms with Crippen molar-refractivity contribution >= 4 is 22.9 Å². The third-order valence-corrected chi connectivity index (χ3v) is 4.91. The largest absolute Gasteiger partial charge is 0.313 e. The Balaban J connectivity index is 2.19. The zero-order valence-corrected chi connectivity index (χ0v) is 13.2. The highest BCUT2D eigenvalue weighted by Crippen LogP contribution is 2.27. The number of hydrogen-bond acceptors (Lipinski definition) is 2. The number of hydrogen-bond donors (Lipinski definition) is 1. The molecule has 0 saturated carbocycles. The van der Waals surface area contributed by atoms with Crippen molar-refractivity contribution in [2.45, 2.75) is 32.7 Å². The summed E-state index contributed by atoms with van der Waals surface area (Å²) in [5, 5.41) is 4.22. The summed E-state index contributed by atoms with van der Waals surface area (Å²) in [6.45, 7) is 4.33. The van der Waals surface area contributed by atoms with Crippen molar-refractivity contribution < 1.29 is 0 Å². The lowest BCUT2D eigenvalue weighted by Crippen LogP contribution is -2.19. The molecule has 0 radical (unpaired) electrons. The topological polar surface area (TPSA) is 12.0 Å². The smallest absolute Gasteiger partial charge is 0.0408 e. The predicted molar refractivity (Wildman–Crippen MR) is 85.4 cm³/mol. The summed E-state index contributed by atoms with van der Waals surface area (Å²) >= 11 is 7.94. The fraction of sp³-hybridized carbons (Fsp3) is 0.375. The average Bonchev–Trinajstić information content (AvgIpc) is 2.84. The van der Waals surface area contributed by atoms with Crippen LogP contribution in [0, 0.1) is 6.92 Å². The molecule has 1 aromatic carbocycles. The molecule has 0 spiro atoms. The first-order valence-corrected chi connectivity index (χ1v) is 7.84. The Hall–Kier alpha value is -0.830. The molecule has 1 nitrogen and oxygen atoms in total. The second-order valence-corrected chi connectivity index (χ2v) is 6.46. The van der Waals surface area contributed by atoms with Gasteiger partial charge in [0.05, 0.1) is 0 Å². The van der Waals surface area contributed by atoms with E-state index in [1.54, 1.807) is 0 Å². The van der Waals surface area contributed by atoms with E-state index in [4.69, 9.17) is 11.6 Å². The summed E-state index contributed by atoms with van der Waals surface area (Å²) in [7, 11) is 2.02. The Labute approximate surface area is 124 Å². The zero-order valence-electron chi connectivity index (χ0n) is 11.7. The molecule has 1 atom stereocenters. The van der Waals surface area contributed by atoms with Crippen molar-refractivity contribution in [3.05, 3.63) is 56.2 Å². The number of rotatable bonds is 5. The molecular weight excluding hydrogens is 274 g/mol. The van der Waals surface area contributed by atoms with E-state index < -0.39 is 0 Å². The van der Waals surface area contributed by atoms with E-state index in [1.807, 2.05) is 30.5 Å². The monoisotopic (exact) mass is 293 g/mol. The van der Waals surface area contributed by atoms with E-state index in [1.165, 1.54) is 20.9 Å². The van der Waals surface area contributed by atoms with E-state index in [0.717, 1.165) is 17.9 Å². The van der Waals surface area contributed by atoms with Crippen molar-refractivity contribution in [1.29, 1.82) is 0 Å². The lowest BCUT2D eigenvalue weighted by Gasteiger charge is -2.18. The van der Waals surface area contributed by atoms with Crippen molar-refractivity contribution in [3.63, 3.8) is 0 Å². The van der Waals surface area contributed by atoms with Crippen molar-refractivity contribution in [2.75, 3.05) is 7.05 Å². The molecule has 1 aromatic heterocycles. The van der Waals surface area contributed by atoms with Gasteiger partial charge in [-0.3, -0.25) is 0 Å². The Bertz CT molecular complexity index is 547. The van der Waals surface area contributed by atoms with E-state index >= 15 is 0 Å². The molecule has 3 heteroatoms. The summed E-state index contributed by atoms with van der Waals surface area (Å²) in [6, 6.07) is 11.0. The van der Waals surface area contributed by atoms with Gasteiger partial charge in [-0.2, -0.15) is 0 Å². The number of halogens is 1. The normalized spacial score (nSPS) is 12.6. The highest BCUT2D eigenvalue weighted by atomic mass is 35.5. The maximum absolute atomic E-state index is 6.03. The van der Waals surface area contributed by atoms with E-state index in [9.17, 15) is 0 Å². The quantitative estimate of drug-likeness (QED) is 0.837. The van der Waals surface area contributed by atoms with Gasteiger partial charge in [-0.05, 0) is 55.8 Å². The van der Waals surface area contributed by atoms with Gasteiger partial charge in [0.2, 0.25) is 0 Å². The van der Waals surface area contributed by atoms with Crippen molar-refractivity contribution in [2.24, 2.45) is 0 Å². The molecule has 0 aliphatic carbocycles. The Morgan fingerprint density at radius 2 is 1.95 bits per heavy atom. The van der Waals surface area contributed by atoms with E-state index in [0.29, 0.717) is 6.04 Å².